The van der Waals surface area contributed by atoms with E-state index in [9.17, 15) is 4.79 Å². The summed E-state index contributed by atoms with van der Waals surface area (Å²) in [6.07, 6.45) is 7.76. The highest BCUT2D eigenvalue weighted by molar-refractivity contribution is 8.00. The van der Waals surface area contributed by atoms with Crippen LogP contribution in [0.15, 0.2) is 4.52 Å². The molecule has 1 saturated carbocycles. The van der Waals surface area contributed by atoms with Gasteiger partial charge in [-0.25, -0.2) is 0 Å². The van der Waals surface area contributed by atoms with Crippen molar-refractivity contribution in [2.24, 2.45) is 0 Å². The third-order valence-electron chi connectivity index (χ3n) is 4.27. The van der Waals surface area contributed by atoms with Crippen molar-refractivity contribution in [2.45, 2.75) is 42.9 Å². The summed E-state index contributed by atoms with van der Waals surface area (Å²) in [7, 11) is 0. The van der Waals surface area contributed by atoms with Gasteiger partial charge in [0.15, 0.2) is 0 Å². The fraction of sp³-hybridized carbons (Fsp3) is 0.769. The van der Waals surface area contributed by atoms with Crippen molar-refractivity contribution in [2.75, 3.05) is 19.3 Å². The zero-order valence-corrected chi connectivity index (χ0v) is 12.5. The molecule has 7 heteroatoms. The molecule has 1 aliphatic heterocycles. The first-order valence-electron chi connectivity index (χ1n) is 7.13. The Kier molecular flexibility index (Phi) is 3.98. The predicted molar refractivity (Wildman–Crippen MR) is 76.7 cm³/mol. The number of hydrogen-bond acceptors (Lipinski definition) is 6. The first-order chi connectivity index (χ1) is 9.72. The summed E-state index contributed by atoms with van der Waals surface area (Å²) in [4.78, 5) is 16.3. The zero-order chi connectivity index (χ0) is 14.0. The van der Waals surface area contributed by atoms with Crippen LogP contribution in [-0.2, 0) is 0 Å². The molecule has 2 aliphatic rings. The van der Waals surface area contributed by atoms with E-state index in [1.807, 2.05) is 11.8 Å². The molecule has 2 N–H and O–H groups in total. The average Bonchev–Trinajstić information content (AvgIpc) is 3.08. The molecule has 0 spiro atoms. The van der Waals surface area contributed by atoms with Gasteiger partial charge in [-0.05, 0) is 38.5 Å². The summed E-state index contributed by atoms with van der Waals surface area (Å²) in [6.45, 7) is 1.64. The minimum absolute atomic E-state index is 0.105. The number of aromatic nitrogens is 2. The Balaban J connectivity index is 1.57. The van der Waals surface area contributed by atoms with Crippen LogP contribution in [0.5, 0.6) is 0 Å². The molecule has 0 aromatic carbocycles. The van der Waals surface area contributed by atoms with Gasteiger partial charge >= 0.3 is 0 Å². The van der Waals surface area contributed by atoms with Gasteiger partial charge in [-0.3, -0.25) is 4.79 Å². The molecule has 1 atom stereocenters. The largest absolute Gasteiger partial charge is 0.348 e. The standard InChI is InChI=1S/C13H20N4O2S/c1-20-13(5-3-6-13)8-15-11(18)10-16-12(19-17-10)9-4-2-7-14-9/h9,14H,2-8H2,1H3,(H,15,18). The van der Waals surface area contributed by atoms with Gasteiger partial charge in [-0.15, -0.1) is 0 Å². The quantitative estimate of drug-likeness (QED) is 0.857. The van der Waals surface area contributed by atoms with Gasteiger partial charge in [0.05, 0.1) is 6.04 Å². The van der Waals surface area contributed by atoms with E-state index in [0.717, 1.165) is 32.2 Å². The summed E-state index contributed by atoms with van der Waals surface area (Å²) in [5.74, 6) is 0.429. The molecule has 3 rings (SSSR count). The summed E-state index contributed by atoms with van der Waals surface area (Å²) < 4.78 is 5.40. The Labute approximate surface area is 122 Å². The molecule has 20 heavy (non-hydrogen) atoms. The second-order valence-corrected chi connectivity index (χ2v) is 6.80. The third kappa shape index (κ3) is 2.69. The van der Waals surface area contributed by atoms with Crippen LogP contribution >= 0.6 is 11.8 Å². The van der Waals surface area contributed by atoms with Gasteiger partial charge in [-0.2, -0.15) is 16.7 Å². The Morgan fingerprint density at radius 2 is 2.40 bits per heavy atom. The Morgan fingerprint density at radius 3 is 3.00 bits per heavy atom. The molecule has 1 aromatic rings. The molecule has 110 valence electrons. The molecular formula is C13H20N4O2S. The van der Waals surface area contributed by atoms with Crippen LogP contribution < -0.4 is 10.6 Å². The highest BCUT2D eigenvalue weighted by Gasteiger charge is 2.36. The van der Waals surface area contributed by atoms with Crippen LogP contribution in [0.1, 0.15) is 54.7 Å². The monoisotopic (exact) mass is 296 g/mol. The lowest BCUT2D eigenvalue weighted by Crippen LogP contribution is -2.45. The van der Waals surface area contributed by atoms with E-state index < -0.39 is 0 Å². The topological polar surface area (TPSA) is 80.0 Å². The SMILES string of the molecule is CSC1(CNC(=O)c2noc(C3CCCN3)n2)CCC1. The smallest absolute Gasteiger partial charge is 0.292 e. The van der Waals surface area contributed by atoms with Gasteiger partial charge in [-0.1, -0.05) is 11.6 Å². The maximum atomic E-state index is 12.0. The Morgan fingerprint density at radius 1 is 1.55 bits per heavy atom. The minimum Gasteiger partial charge on any atom is -0.348 e. The fourth-order valence-corrected chi connectivity index (χ4v) is 3.62. The van der Waals surface area contributed by atoms with Gasteiger partial charge in [0, 0.05) is 11.3 Å². The zero-order valence-electron chi connectivity index (χ0n) is 11.6. The van der Waals surface area contributed by atoms with E-state index in [4.69, 9.17) is 4.52 Å². The molecule has 0 bridgehead atoms. The number of thioether (sulfide) groups is 1. The van der Waals surface area contributed by atoms with Gasteiger partial charge in [0.1, 0.15) is 0 Å². The minimum atomic E-state index is -0.238. The van der Waals surface area contributed by atoms with Crippen LogP contribution in [-0.4, -0.2) is 40.1 Å². The Hall–Kier alpha value is -1.08. The molecule has 2 fully saturated rings. The normalized spacial score (nSPS) is 24.4. The number of carbonyl (C=O) groups is 1. The molecule has 1 aliphatic carbocycles. The van der Waals surface area contributed by atoms with E-state index in [1.54, 1.807) is 0 Å². The van der Waals surface area contributed by atoms with Gasteiger partial charge in [0.25, 0.3) is 11.7 Å². The molecule has 2 heterocycles. The van der Waals surface area contributed by atoms with Crippen molar-refractivity contribution in [3.63, 3.8) is 0 Å². The van der Waals surface area contributed by atoms with Crippen LogP contribution in [0, 0.1) is 0 Å². The molecule has 1 aromatic heterocycles. The Bertz CT molecular complexity index is 475. The molecule has 0 radical (unpaired) electrons. The number of amides is 1. The lowest BCUT2D eigenvalue weighted by molar-refractivity contribution is 0.0930. The van der Waals surface area contributed by atoms with Crippen molar-refractivity contribution in [3.05, 3.63) is 11.7 Å². The summed E-state index contributed by atoms with van der Waals surface area (Å²) in [5.41, 5.74) is 0. The molecule has 1 amide bonds. The first kappa shape index (κ1) is 13.9. The highest BCUT2D eigenvalue weighted by Crippen LogP contribution is 2.42. The van der Waals surface area contributed by atoms with E-state index in [0.29, 0.717) is 12.4 Å². The highest BCUT2D eigenvalue weighted by atomic mass is 32.2. The third-order valence-corrected chi connectivity index (χ3v) is 5.69. The molecule has 1 saturated heterocycles. The van der Waals surface area contributed by atoms with Gasteiger partial charge in [0.2, 0.25) is 5.89 Å². The average molecular weight is 296 g/mol. The number of nitrogens with one attached hydrogen (secondary N) is 2. The molecule has 1 unspecified atom stereocenters. The van der Waals surface area contributed by atoms with Crippen molar-refractivity contribution in [1.82, 2.24) is 20.8 Å². The summed E-state index contributed by atoms with van der Waals surface area (Å²) >= 11 is 1.83. The first-order valence-corrected chi connectivity index (χ1v) is 8.35. The van der Waals surface area contributed by atoms with Crippen molar-refractivity contribution in [1.29, 1.82) is 0 Å². The van der Waals surface area contributed by atoms with E-state index in [2.05, 4.69) is 27.0 Å². The second-order valence-electron chi connectivity index (χ2n) is 5.53. The lowest BCUT2D eigenvalue weighted by atomic mass is 9.84. The van der Waals surface area contributed by atoms with E-state index in [-0.39, 0.29) is 22.5 Å². The maximum absolute atomic E-state index is 12.0. The van der Waals surface area contributed by atoms with Crippen LogP contribution in [0.3, 0.4) is 0 Å². The lowest BCUT2D eigenvalue weighted by Gasteiger charge is -2.40. The maximum Gasteiger partial charge on any atom is 0.292 e. The van der Waals surface area contributed by atoms with Crippen molar-refractivity contribution < 1.29 is 9.32 Å². The van der Waals surface area contributed by atoms with Crippen LogP contribution in [0.25, 0.3) is 0 Å². The van der Waals surface area contributed by atoms with Crippen molar-refractivity contribution in [3.8, 4) is 0 Å². The van der Waals surface area contributed by atoms with Crippen molar-refractivity contribution >= 4 is 17.7 Å². The number of hydrogen-bond donors (Lipinski definition) is 2. The molecule has 6 nitrogen and oxygen atoms in total. The van der Waals surface area contributed by atoms with Gasteiger partial charge < -0.3 is 15.2 Å². The predicted octanol–water partition coefficient (Wildman–Crippen LogP) is 1.51. The number of carbonyl (C=O) groups excluding carboxylic acids is 1. The molecular weight excluding hydrogens is 276 g/mol. The number of nitrogens with zero attached hydrogens (tertiary/aromatic N) is 2. The number of rotatable bonds is 5. The van der Waals surface area contributed by atoms with Crippen LogP contribution in [0.2, 0.25) is 0 Å². The summed E-state index contributed by atoms with van der Waals surface area (Å²) in [5, 5.41) is 9.99. The van der Waals surface area contributed by atoms with E-state index >= 15 is 0 Å². The second kappa shape index (κ2) is 5.73. The van der Waals surface area contributed by atoms with Crippen LogP contribution in [0.4, 0.5) is 0 Å². The summed E-state index contributed by atoms with van der Waals surface area (Å²) in [6, 6.07) is 0.105. The fourth-order valence-electron chi connectivity index (χ4n) is 2.71. The van der Waals surface area contributed by atoms with E-state index in [1.165, 1.54) is 6.42 Å².